The van der Waals surface area contributed by atoms with Gasteiger partial charge in [0.2, 0.25) is 11.8 Å². The second-order valence-corrected chi connectivity index (χ2v) is 2.23. The number of hydrogen-bond acceptors (Lipinski definition) is 3. The lowest BCUT2D eigenvalue weighted by Crippen LogP contribution is -2.33. The second kappa shape index (κ2) is 2.79. The van der Waals surface area contributed by atoms with Crippen molar-refractivity contribution in [3.05, 3.63) is 0 Å². The third kappa shape index (κ3) is 1.16. The minimum Gasteiger partial charge on any atom is -0.329 e. The second-order valence-electron chi connectivity index (χ2n) is 2.23. The molecule has 0 unspecified atom stereocenters. The zero-order valence-electron chi connectivity index (χ0n) is 5.67. The molecule has 2 N–H and O–H groups in total. The molecular weight excluding hydrogens is 132 g/mol. The van der Waals surface area contributed by atoms with Crippen molar-refractivity contribution >= 4 is 11.8 Å². The number of nitrogens with two attached hydrogens (primary N) is 1. The van der Waals surface area contributed by atoms with Crippen LogP contribution in [0.4, 0.5) is 0 Å². The summed E-state index contributed by atoms with van der Waals surface area (Å²) in [4.78, 5) is 22.9. The molecule has 0 aromatic heterocycles. The molecule has 1 rings (SSSR count). The van der Waals surface area contributed by atoms with Crippen molar-refractivity contribution in [1.29, 1.82) is 0 Å². The molecule has 4 nitrogen and oxygen atoms in total. The fourth-order valence-corrected chi connectivity index (χ4v) is 1.00. The van der Waals surface area contributed by atoms with Crippen LogP contribution in [0.25, 0.3) is 0 Å². The Hall–Kier alpha value is -0.900. The summed E-state index contributed by atoms with van der Waals surface area (Å²) in [6, 6.07) is 0. The highest BCUT2D eigenvalue weighted by Crippen LogP contribution is 2.09. The van der Waals surface area contributed by atoms with Gasteiger partial charge in [-0.3, -0.25) is 14.5 Å². The molecule has 0 saturated carbocycles. The zero-order chi connectivity index (χ0) is 7.56. The maximum atomic E-state index is 10.8. The third-order valence-electron chi connectivity index (χ3n) is 1.51. The van der Waals surface area contributed by atoms with Crippen molar-refractivity contribution in [3.8, 4) is 0 Å². The van der Waals surface area contributed by atoms with Crippen LogP contribution < -0.4 is 5.73 Å². The van der Waals surface area contributed by atoms with E-state index in [1.54, 1.807) is 0 Å². The van der Waals surface area contributed by atoms with E-state index in [-0.39, 0.29) is 11.8 Å². The van der Waals surface area contributed by atoms with Gasteiger partial charge in [-0.05, 0) is 0 Å². The minimum atomic E-state index is -0.0875. The fourth-order valence-electron chi connectivity index (χ4n) is 1.00. The summed E-state index contributed by atoms with van der Waals surface area (Å²) in [5.41, 5.74) is 5.19. The highest BCUT2D eigenvalue weighted by molar-refractivity contribution is 6.01. The predicted molar refractivity (Wildman–Crippen MR) is 35.0 cm³/mol. The van der Waals surface area contributed by atoms with Crippen LogP contribution in [0.2, 0.25) is 0 Å². The van der Waals surface area contributed by atoms with Gasteiger partial charge in [-0.2, -0.15) is 0 Å². The molecule has 4 heteroatoms. The molecular formula is C6H10N2O2. The highest BCUT2D eigenvalue weighted by atomic mass is 16.2. The van der Waals surface area contributed by atoms with Gasteiger partial charge in [0.25, 0.3) is 0 Å². The molecule has 0 aromatic rings. The SMILES string of the molecule is NCCN1C(=O)CCC1=O. The van der Waals surface area contributed by atoms with Crippen LogP contribution in [0.3, 0.4) is 0 Å². The van der Waals surface area contributed by atoms with Crippen LogP contribution in [0.15, 0.2) is 0 Å². The van der Waals surface area contributed by atoms with E-state index in [0.717, 1.165) is 0 Å². The van der Waals surface area contributed by atoms with Crippen LogP contribution in [-0.2, 0) is 9.59 Å². The Bertz CT molecular complexity index is 151. The Morgan fingerprint density at radius 1 is 1.30 bits per heavy atom. The average Bonchev–Trinajstić information content (AvgIpc) is 2.20. The first-order valence-electron chi connectivity index (χ1n) is 3.29. The molecule has 56 valence electrons. The summed E-state index contributed by atoms with van der Waals surface area (Å²) in [5.74, 6) is -0.175. The lowest BCUT2D eigenvalue weighted by molar-refractivity contribution is -0.138. The van der Waals surface area contributed by atoms with E-state index in [0.29, 0.717) is 25.9 Å². The van der Waals surface area contributed by atoms with E-state index in [1.807, 2.05) is 0 Å². The number of carbonyl (C=O) groups is 2. The van der Waals surface area contributed by atoms with E-state index in [2.05, 4.69) is 0 Å². The molecule has 0 radical (unpaired) electrons. The lowest BCUT2D eigenvalue weighted by Gasteiger charge is -2.10. The summed E-state index contributed by atoms with van der Waals surface area (Å²) >= 11 is 0. The smallest absolute Gasteiger partial charge is 0.229 e. The number of amides is 2. The average molecular weight is 142 g/mol. The molecule has 0 atom stereocenters. The van der Waals surface area contributed by atoms with Gasteiger partial charge in [0, 0.05) is 25.9 Å². The number of rotatable bonds is 2. The molecule has 1 aliphatic rings. The summed E-state index contributed by atoms with van der Waals surface area (Å²) in [6.45, 7) is 0.731. The van der Waals surface area contributed by atoms with Crippen LogP contribution in [-0.4, -0.2) is 29.8 Å². The van der Waals surface area contributed by atoms with Gasteiger partial charge in [0.15, 0.2) is 0 Å². The summed E-state index contributed by atoms with van der Waals surface area (Å²) in [5, 5.41) is 0. The Kier molecular flexibility index (Phi) is 2.01. The molecule has 0 aliphatic carbocycles. The van der Waals surface area contributed by atoms with E-state index in [1.165, 1.54) is 4.90 Å². The monoisotopic (exact) mass is 142 g/mol. The van der Waals surface area contributed by atoms with Crippen molar-refractivity contribution in [2.24, 2.45) is 5.73 Å². The standard InChI is InChI=1S/C6H10N2O2/c7-3-4-8-5(9)1-2-6(8)10/h1-4,7H2. The Morgan fingerprint density at radius 2 is 1.80 bits per heavy atom. The molecule has 2 amide bonds. The van der Waals surface area contributed by atoms with E-state index < -0.39 is 0 Å². The topological polar surface area (TPSA) is 63.4 Å². The molecule has 10 heavy (non-hydrogen) atoms. The molecule has 1 heterocycles. The number of imide groups is 1. The van der Waals surface area contributed by atoms with Gasteiger partial charge in [0.05, 0.1) is 0 Å². The summed E-state index contributed by atoms with van der Waals surface area (Å²) < 4.78 is 0. The first-order chi connectivity index (χ1) is 4.75. The van der Waals surface area contributed by atoms with Crippen LogP contribution in [0, 0.1) is 0 Å². The first kappa shape index (κ1) is 7.21. The molecule has 1 aliphatic heterocycles. The fraction of sp³-hybridized carbons (Fsp3) is 0.667. The van der Waals surface area contributed by atoms with Gasteiger partial charge in [0.1, 0.15) is 0 Å². The van der Waals surface area contributed by atoms with Crippen molar-refractivity contribution in [1.82, 2.24) is 4.90 Å². The van der Waals surface area contributed by atoms with E-state index >= 15 is 0 Å². The molecule has 0 spiro atoms. The van der Waals surface area contributed by atoms with Crippen molar-refractivity contribution < 1.29 is 9.59 Å². The Morgan fingerprint density at radius 3 is 2.20 bits per heavy atom. The molecule has 0 bridgehead atoms. The number of carbonyl (C=O) groups excluding carboxylic acids is 2. The normalized spacial score (nSPS) is 18.7. The molecule has 0 aromatic carbocycles. The number of nitrogens with zero attached hydrogens (tertiary/aromatic N) is 1. The Labute approximate surface area is 59.0 Å². The summed E-state index contributed by atoms with van der Waals surface area (Å²) in [6.07, 6.45) is 0.720. The zero-order valence-corrected chi connectivity index (χ0v) is 5.67. The Balaban J connectivity index is 2.54. The lowest BCUT2D eigenvalue weighted by atomic mass is 10.4. The van der Waals surface area contributed by atoms with Gasteiger partial charge < -0.3 is 5.73 Å². The van der Waals surface area contributed by atoms with Gasteiger partial charge in [-0.25, -0.2) is 0 Å². The van der Waals surface area contributed by atoms with Gasteiger partial charge >= 0.3 is 0 Å². The largest absolute Gasteiger partial charge is 0.329 e. The van der Waals surface area contributed by atoms with Crippen LogP contribution in [0.1, 0.15) is 12.8 Å². The van der Waals surface area contributed by atoms with E-state index in [9.17, 15) is 9.59 Å². The van der Waals surface area contributed by atoms with Gasteiger partial charge in [-0.1, -0.05) is 0 Å². The van der Waals surface area contributed by atoms with Crippen LogP contribution >= 0.6 is 0 Å². The third-order valence-corrected chi connectivity index (χ3v) is 1.51. The highest BCUT2D eigenvalue weighted by Gasteiger charge is 2.27. The van der Waals surface area contributed by atoms with Crippen molar-refractivity contribution in [3.63, 3.8) is 0 Å². The quantitative estimate of drug-likeness (QED) is 0.508. The summed E-state index contributed by atoms with van der Waals surface area (Å²) in [7, 11) is 0. The predicted octanol–water partition coefficient (Wildman–Crippen LogP) is -0.906. The minimum absolute atomic E-state index is 0.0875. The molecule has 1 fully saturated rings. The number of hydrogen-bond donors (Lipinski definition) is 1. The van der Waals surface area contributed by atoms with Gasteiger partial charge in [-0.15, -0.1) is 0 Å². The van der Waals surface area contributed by atoms with Crippen molar-refractivity contribution in [2.45, 2.75) is 12.8 Å². The number of likely N-dealkylation sites (tertiary alicyclic amines) is 1. The maximum Gasteiger partial charge on any atom is 0.229 e. The first-order valence-corrected chi connectivity index (χ1v) is 3.29. The van der Waals surface area contributed by atoms with Crippen LogP contribution in [0.5, 0.6) is 0 Å². The molecule has 1 saturated heterocycles. The maximum absolute atomic E-state index is 10.8. The van der Waals surface area contributed by atoms with Crippen molar-refractivity contribution in [2.75, 3.05) is 13.1 Å². The van der Waals surface area contributed by atoms with E-state index in [4.69, 9.17) is 5.73 Å².